The van der Waals surface area contributed by atoms with Crippen LogP contribution >= 0.6 is 15.9 Å². The van der Waals surface area contributed by atoms with Gasteiger partial charge in [-0.3, -0.25) is 4.79 Å². The van der Waals surface area contributed by atoms with E-state index in [1.807, 2.05) is 24.3 Å². The summed E-state index contributed by atoms with van der Waals surface area (Å²) < 4.78 is 11.9. The molecule has 0 saturated carbocycles. The third kappa shape index (κ3) is 5.36. The molecule has 0 saturated heterocycles. The van der Waals surface area contributed by atoms with Crippen LogP contribution in [0.2, 0.25) is 0 Å². The van der Waals surface area contributed by atoms with E-state index in [2.05, 4.69) is 26.5 Å². The van der Waals surface area contributed by atoms with Gasteiger partial charge in [0.1, 0.15) is 12.4 Å². The van der Waals surface area contributed by atoms with E-state index >= 15 is 0 Å². The van der Waals surface area contributed by atoms with E-state index in [-0.39, 0.29) is 5.75 Å². The molecule has 7 heteroatoms. The van der Waals surface area contributed by atoms with Crippen LogP contribution in [0.5, 0.6) is 17.2 Å². The number of nitrogens with one attached hydrogen (secondary N) is 1. The maximum atomic E-state index is 12.5. The lowest BCUT2D eigenvalue weighted by Crippen LogP contribution is -2.18. The zero-order valence-corrected chi connectivity index (χ0v) is 17.2. The zero-order chi connectivity index (χ0) is 20.6. The molecule has 2 N–H and O–H groups in total. The van der Waals surface area contributed by atoms with Crippen molar-refractivity contribution in [1.29, 1.82) is 0 Å². The van der Waals surface area contributed by atoms with Gasteiger partial charge >= 0.3 is 0 Å². The van der Waals surface area contributed by atoms with Gasteiger partial charge in [0, 0.05) is 10.0 Å². The summed E-state index contributed by atoms with van der Waals surface area (Å²) in [6.07, 6.45) is 1.35. The highest BCUT2D eigenvalue weighted by atomic mass is 79.9. The van der Waals surface area contributed by atoms with Gasteiger partial charge in [0.05, 0.1) is 18.9 Å². The summed E-state index contributed by atoms with van der Waals surface area (Å²) in [5.74, 6) is 0.306. The van der Waals surface area contributed by atoms with Crippen molar-refractivity contribution >= 4 is 28.1 Å². The Morgan fingerprint density at radius 1 is 1.07 bits per heavy atom. The predicted molar refractivity (Wildman–Crippen MR) is 115 cm³/mol. The van der Waals surface area contributed by atoms with Crippen LogP contribution in [0.3, 0.4) is 0 Å². The molecule has 3 rings (SSSR count). The molecule has 3 aromatic carbocycles. The second-order valence-electron chi connectivity index (χ2n) is 6.01. The molecular weight excluding hydrogens is 436 g/mol. The monoisotopic (exact) mass is 454 g/mol. The lowest BCUT2D eigenvalue weighted by Gasteiger charge is -2.10. The predicted octanol–water partition coefficient (Wildman–Crippen LogP) is 4.51. The minimum atomic E-state index is -0.421. The number of halogens is 1. The van der Waals surface area contributed by atoms with Gasteiger partial charge in [-0.1, -0.05) is 46.3 Å². The van der Waals surface area contributed by atoms with E-state index in [9.17, 15) is 9.90 Å². The number of amides is 1. The number of phenols is 1. The molecule has 0 atom stereocenters. The number of hydrazone groups is 1. The Bertz CT molecular complexity index is 1020. The quantitative estimate of drug-likeness (QED) is 0.406. The van der Waals surface area contributed by atoms with E-state index in [0.29, 0.717) is 29.2 Å². The Kier molecular flexibility index (Phi) is 6.86. The van der Waals surface area contributed by atoms with Crippen molar-refractivity contribution in [3.63, 3.8) is 0 Å². The molecule has 0 bridgehead atoms. The number of carbonyl (C=O) groups is 1. The van der Waals surface area contributed by atoms with Crippen molar-refractivity contribution in [1.82, 2.24) is 5.43 Å². The lowest BCUT2D eigenvalue weighted by molar-refractivity contribution is 0.0950. The van der Waals surface area contributed by atoms with Gasteiger partial charge in [0.15, 0.2) is 11.5 Å². The topological polar surface area (TPSA) is 80.2 Å². The summed E-state index contributed by atoms with van der Waals surface area (Å²) in [5, 5.41) is 14.0. The van der Waals surface area contributed by atoms with Gasteiger partial charge < -0.3 is 14.6 Å². The van der Waals surface area contributed by atoms with Crippen LogP contribution < -0.4 is 14.9 Å². The normalized spacial score (nSPS) is 10.7. The van der Waals surface area contributed by atoms with Crippen LogP contribution in [0.1, 0.15) is 21.5 Å². The largest absolute Gasteiger partial charge is 0.504 e. The summed E-state index contributed by atoms with van der Waals surface area (Å²) in [7, 11) is 1.46. The zero-order valence-electron chi connectivity index (χ0n) is 15.6. The first kappa shape index (κ1) is 20.4. The number of benzene rings is 3. The third-order valence-corrected chi connectivity index (χ3v) is 4.59. The third-order valence-electron chi connectivity index (χ3n) is 4.06. The molecule has 0 aromatic heterocycles. The molecule has 6 nitrogen and oxygen atoms in total. The van der Waals surface area contributed by atoms with Crippen LogP contribution in [0.15, 0.2) is 76.3 Å². The highest BCUT2D eigenvalue weighted by Crippen LogP contribution is 2.28. The molecule has 3 aromatic rings. The smallest absolute Gasteiger partial charge is 0.275 e. The number of methoxy groups -OCH3 is 1. The maximum absolute atomic E-state index is 12.5. The molecule has 0 fully saturated rings. The van der Waals surface area contributed by atoms with Gasteiger partial charge in [0.25, 0.3) is 5.91 Å². The van der Waals surface area contributed by atoms with Crippen molar-refractivity contribution in [3.05, 3.63) is 87.9 Å². The summed E-state index contributed by atoms with van der Waals surface area (Å²) in [6, 6.07) is 19.7. The van der Waals surface area contributed by atoms with E-state index in [4.69, 9.17) is 9.47 Å². The molecule has 0 heterocycles. The molecular formula is C22H19BrN2O4. The van der Waals surface area contributed by atoms with Crippen molar-refractivity contribution in [3.8, 4) is 17.2 Å². The van der Waals surface area contributed by atoms with E-state index in [0.717, 1.165) is 10.0 Å². The van der Waals surface area contributed by atoms with Crippen molar-refractivity contribution < 1.29 is 19.4 Å². The molecule has 0 aliphatic carbocycles. The van der Waals surface area contributed by atoms with E-state index in [1.54, 1.807) is 42.5 Å². The number of aromatic hydroxyl groups is 1. The molecule has 0 unspecified atom stereocenters. The van der Waals surface area contributed by atoms with E-state index in [1.165, 1.54) is 13.3 Å². The van der Waals surface area contributed by atoms with Crippen molar-refractivity contribution in [2.75, 3.05) is 7.11 Å². The number of nitrogens with zero attached hydrogens (tertiary/aromatic N) is 1. The number of para-hydroxylation sites is 2. The molecule has 1 amide bonds. The summed E-state index contributed by atoms with van der Waals surface area (Å²) in [5.41, 5.74) is 4.21. The Hall–Kier alpha value is -3.32. The van der Waals surface area contributed by atoms with Gasteiger partial charge in [-0.2, -0.15) is 5.10 Å². The van der Waals surface area contributed by atoms with Crippen LogP contribution in [0.4, 0.5) is 0 Å². The second-order valence-corrected chi connectivity index (χ2v) is 6.92. The number of hydrogen-bond donors (Lipinski definition) is 2. The molecule has 29 heavy (non-hydrogen) atoms. The Balaban J connectivity index is 1.67. The average Bonchev–Trinajstić information content (AvgIpc) is 2.74. The molecule has 0 radical (unpaired) electrons. The fraction of sp³-hybridized carbons (Fsp3) is 0.0909. The number of hydrogen-bond acceptors (Lipinski definition) is 5. The standard InChI is InChI=1S/C22H19BrN2O4/c1-28-20-8-4-5-16(21(20)26)13-24-25-22(27)18-6-2-3-7-19(18)29-14-15-9-11-17(23)12-10-15/h2-13,26H,14H2,1H3,(H,25,27)/b24-13+. The fourth-order valence-corrected chi connectivity index (χ4v) is 2.82. The first-order valence-corrected chi connectivity index (χ1v) is 9.53. The highest BCUT2D eigenvalue weighted by molar-refractivity contribution is 9.10. The van der Waals surface area contributed by atoms with Crippen molar-refractivity contribution in [2.45, 2.75) is 6.61 Å². The minimum absolute atomic E-state index is 0.0498. The fourth-order valence-electron chi connectivity index (χ4n) is 2.55. The summed E-state index contributed by atoms with van der Waals surface area (Å²) in [4.78, 5) is 12.5. The number of carbonyl (C=O) groups excluding carboxylic acids is 1. The molecule has 0 aliphatic rings. The van der Waals surface area contributed by atoms with Gasteiger partial charge in [-0.15, -0.1) is 0 Å². The first-order valence-electron chi connectivity index (χ1n) is 8.74. The number of rotatable bonds is 7. The van der Waals surface area contributed by atoms with Crippen molar-refractivity contribution in [2.24, 2.45) is 5.10 Å². The van der Waals surface area contributed by atoms with Crippen LogP contribution in [-0.2, 0) is 6.61 Å². The van der Waals surface area contributed by atoms with Crippen LogP contribution in [0.25, 0.3) is 0 Å². The van der Waals surface area contributed by atoms with Gasteiger partial charge in [-0.05, 0) is 42.0 Å². The summed E-state index contributed by atoms with van der Waals surface area (Å²) >= 11 is 3.40. The SMILES string of the molecule is COc1cccc(/C=N/NC(=O)c2ccccc2OCc2ccc(Br)cc2)c1O. The number of ether oxygens (including phenoxy) is 2. The van der Waals surface area contributed by atoms with Crippen LogP contribution in [-0.4, -0.2) is 24.3 Å². The average molecular weight is 455 g/mol. The lowest BCUT2D eigenvalue weighted by atomic mass is 10.2. The van der Waals surface area contributed by atoms with Gasteiger partial charge in [-0.25, -0.2) is 5.43 Å². The Labute approximate surface area is 176 Å². The molecule has 0 spiro atoms. The molecule has 148 valence electrons. The number of phenolic OH excluding ortho intramolecular Hbond substituents is 1. The minimum Gasteiger partial charge on any atom is -0.504 e. The van der Waals surface area contributed by atoms with Gasteiger partial charge in [0.2, 0.25) is 0 Å². The Morgan fingerprint density at radius 3 is 2.55 bits per heavy atom. The summed E-state index contributed by atoms with van der Waals surface area (Å²) in [6.45, 7) is 0.332. The second kappa shape index (κ2) is 9.75. The first-order chi connectivity index (χ1) is 14.1. The highest BCUT2D eigenvalue weighted by Gasteiger charge is 2.12. The maximum Gasteiger partial charge on any atom is 0.275 e. The Morgan fingerprint density at radius 2 is 1.79 bits per heavy atom. The van der Waals surface area contributed by atoms with E-state index < -0.39 is 5.91 Å². The van der Waals surface area contributed by atoms with Crippen LogP contribution in [0, 0.1) is 0 Å². The molecule has 0 aliphatic heterocycles.